The molecule has 2 N–H and O–H groups in total. The Bertz CT molecular complexity index is 835. The van der Waals surface area contributed by atoms with E-state index in [0.717, 1.165) is 15.7 Å². The third-order valence-electron chi connectivity index (χ3n) is 4.97. The number of benzene rings is 1. The van der Waals surface area contributed by atoms with Gasteiger partial charge in [0, 0.05) is 10.9 Å². The summed E-state index contributed by atoms with van der Waals surface area (Å²) in [6.07, 6.45) is 0. The van der Waals surface area contributed by atoms with Gasteiger partial charge in [-0.1, -0.05) is 17.6 Å². The number of alkyl halides is 2. The van der Waals surface area contributed by atoms with Crippen molar-refractivity contribution >= 4 is 29.8 Å². The summed E-state index contributed by atoms with van der Waals surface area (Å²) in [6, 6.07) is 7.10. The van der Waals surface area contributed by atoms with Gasteiger partial charge in [-0.3, -0.25) is 4.79 Å². The van der Waals surface area contributed by atoms with Gasteiger partial charge in [0.25, 0.3) is 11.8 Å². The molecule has 1 saturated heterocycles. The Morgan fingerprint density at radius 1 is 1.27 bits per heavy atom. The number of rotatable bonds is 5. The van der Waals surface area contributed by atoms with Crippen LogP contribution in [0.2, 0.25) is 0 Å². The van der Waals surface area contributed by atoms with E-state index in [1.54, 1.807) is 47.3 Å². The first-order valence-electron chi connectivity index (χ1n) is 8.41. The lowest BCUT2D eigenvalue weighted by molar-refractivity contribution is -0.113. The van der Waals surface area contributed by atoms with Crippen LogP contribution in [0.1, 0.15) is 38.2 Å². The van der Waals surface area contributed by atoms with Gasteiger partial charge in [-0.2, -0.15) is 0 Å². The molecule has 1 radical (unpaired) electrons. The lowest BCUT2D eigenvalue weighted by atomic mass is 9.82. The van der Waals surface area contributed by atoms with Gasteiger partial charge in [0.1, 0.15) is 5.69 Å². The van der Waals surface area contributed by atoms with Crippen LogP contribution in [0.25, 0.3) is 10.9 Å². The molecule has 0 spiro atoms. The minimum absolute atomic E-state index is 0.283. The summed E-state index contributed by atoms with van der Waals surface area (Å²) in [7, 11) is 1.55. The molecule has 2 aromatic rings. The zero-order valence-electron chi connectivity index (χ0n) is 15.3. The van der Waals surface area contributed by atoms with E-state index in [4.69, 9.17) is 4.65 Å². The molecule has 26 heavy (non-hydrogen) atoms. The first-order chi connectivity index (χ1) is 11.9. The van der Waals surface area contributed by atoms with Crippen molar-refractivity contribution in [3.05, 3.63) is 30.0 Å². The Labute approximate surface area is 151 Å². The number of nitrogens with zero attached hydrogens (tertiary/aromatic N) is 1. The summed E-state index contributed by atoms with van der Waals surface area (Å²) in [6.45, 7) is 5.84. The van der Waals surface area contributed by atoms with E-state index >= 15 is 0 Å². The molecule has 8 heteroatoms. The Kier molecular flexibility index (Phi) is 4.39. The molecule has 139 valence electrons. The Hall–Kier alpha value is -1.93. The molecular weight excluding hydrogens is 341 g/mol. The normalized spacial score (nSPS) is 17.3. The van der Waals surface area contributed by atoms with Crippen LogP contribution in [0.3, 0.4) is 0 Å². The minimum atomic E-state index is -2.78. The molecule has 0 aliphatic carbocycles. The van der Waals surface area contributed by atoms with E-state index < -0.39 is 36.1 Å². The average molecular weight is 363 g/mol. The Morgan fingerprint density at radius 2 is 1.92 bits per heavy atom. The lowest BCUT2D eigenvalue weighted by Crippen LogP contribution is -2.58. The highest BCUT2D eigenvalue weighted by Crippen LogP contribution is 2.28. The number of hydrogen-bond donors (Lipinski definition) is 2. The van der Waals surface area contributed by atoms with Crippen molar-refractivity contribution < 1.29 is 23.3 Å². The number of amides is 1. The van der Waals surface area contributed by atoms with Crippen LogP contribution in [-0.2, 0) is 4.65 Å². The van der Waals surface area contributed by atoms with Crippen LogP contribution in [0.5, 0.6) is 0 Å². The molecule has 1 aliphatic heterocycles. The van der Waals surface area contributed by atoms with Crippen LogP contribution >= 0.6 is 0 Å². The first kappa shape index (κ1) is 18.9. The second kappa shape index (κ2) is 6.06. The van der Waals surface area contributed by atoms with Crippen molar-refractivity contribution in [2.24, 2.45) is 0 Å². The van der Waals surface area contributed by atoms with Crippen molar-refractivity contribution in [3.63, 3.8) is 0 Å². The van der Waals surface area contributed by atoms with Crippen molar-refractivity contribution in [1.82, 2.24) is 9.88 Å². The summed E-state index contributed by atoms with van der Waals surface area (Å²) in [5.74, 6) is -3.22. The monoisotopic (exact) mass is 363 g/mol. The molecule has 5 nitrogen and oxygen atoms in total. The van der Waals surface area contributed by atoms with Gasteiger partial charge in [-0.05, 0) is 39.8 Å². The fraction of sp³-hybridized carbons (Fsp3) is 0.500. The van der Waals surface area contributed by atoms with Crippen LogP contribution in [0.4, 0.5) is 8.78 Å². The summed E-state index contributed by atoms with van der Waals surface area (Å²) >= 11 is 0. The van der Waals surface area contributed by atoms with Crippen LogP contribution < -0.4 is 5.46 Å². The number of halogens is 2. The first-order valence-corrected chi connectivity index (χ1v) is 8.41. The second-order valence-electron chi connectivity index (χ2n) is 7.85. The maximum atomic E-state index is 12.9. The largest absolute Gasteiger partial charge is 0.427 e. The Balaban J connectivity index is 1.73. The third-order valence-corrected chi connectivity index (χ3v) is 4.97. The standard InChI is InChI=1S/C18H22BF2N2O3/c1-16(2,25)17(3,4)26-19-12-6-5-11-7-14(22-13(11)8-12)15(24)23-9-18(20,21)10-23/h5-8,22,25H,9-10H2,1-4H3. The number of nitrogens with one attached hydrogen (secondary N) is 1. The molecular formula is C18H22BF2N2O3. The summed E-state index contributed by atoms with van der Waals surface area (Å²) in [4.78, 5) is 16.3. The zero-order valence-corrected chi connectivity index (χ0v) is 15.3. The molecule has 2 heterocycles. The van der Waals surface area contributed by atoms with Crippen molar-refractivity contribution in [2.45, 2.75) is 44.8 Å². The van der Waals surface area contributed by atoms with Crippen molar-refractivity contribution in [1.29, 1.82) is 0 Å². The second-order valence-corrected chi connectivity index (χ2v) is 7.85. The van der Waals surface area contributed by atoms with Crippen LogP contribution in [0.15, 0.2) is 24.3 Å². The fourth-order valence-corrected chi connectivity index (χ4v) is 2.52. The SMILES string of the molecule is CC(C)(O)C(C)(C)O[B]c1ccc2cc(C(=O)N3CC(F)(F)C3)[nH]c2c1. The molecule has 0 saturated carbocycles. The number of aliphatic hydroxyl groups is 1. The fourth-order valence-electron chi connectivity index (χ4n) is 2.52. The Morgan fingerprint density at radius 3 is 2.50 bits per heavy atom. The highest BCUT2D eigenvalue weighted by molar-refractivity contribution is 6.47. The maximum absolute atomic E-state index is 12.9. The quantitative estimate of drug-likeness (QED) is 0.800. The number of carbonyl (C=O) groups excluding carboxylic acids is 1. The van der Waals surface area contributed by atoms with Gasteiger partial charge in [-0.15, -0.1) is 0 Å². The van der Waals surface area contributed by atoms with E-state index in [1.165, 1.54) is 0 Å². The molecule has 0 atom stereocenters. The van der Waals surface area contributed by atoms with Gasteiger partial charge in [0.15, 0.2) is 0 Å². The van der Waals surface area contributed by atoms with Crippen LogP contribution in [-0.4, -0.2) is 58.6 Å². The highest BCUT2D eigenvalue weighted by atomic mass is 19.3. The summed E-state index contributed by atoms with van der Waals surface area (Å²) < 4.78 is 31.6. The van der Waals surface area contributed by atoms with Gasteiger partial charge < -0.3 is 19.6 Å². The van der Waals surface area contributed by atoms with Gasteiger partial charge in [0.05, 0.1) is 24.3 Å². The number of likely N-dealkylation sites (tertiary alicyclic amines) is 1. The zero-order chi connectivity index (χ0) is 19.3. The topological polar surface area (TPSA) is 65.6 Å². The molecule has 1 fully saturated rings. The summed E-state index contributed by atoms with van der Waals surface area (Å²) in [5.41, 5.74) is -0.0731. The van der Waals surface area contributed by atoms with Crippen LogP contribution in [0, 0.1) is 0 Å². The molecule has 0 bridgehead atoms. The predicted molar refractivity (Wildman–Crippen MR) is 96.0 cm³/mol. The molecule has 1 aliphatic rings. The van der Waals surface area contributed by atoms with E-state index in [2.05, 4.69) is 4.98 Å². The number of aromatic amines is 1. The summed E-state index contributed by atoms with van der Waals surface area (Å²) in [5, 5.41) is 10.9. The molecule has 1 aromatic carbocycles. The minimum Gasteiger partial charge on any atom is -0.427 e. The number of aromatic nitrogens is 1. The molecule has 0 unspecified atom stereocenters. The predicted octanol–water partition coefficient (Wildman–Crippen LogP) is 2.07. The smallest absolute Gasteiger partial charge is 0.330 e. The molecule has 3 rings (SSSR count). The maximum Gasteiger partial charge on any atom is 0.330 e. The average Bonchev–Trinajstić information content (AvgIpc) is 2.92. The van der Waals surface area contributed by atoms with E-state index in [-0.39, 0.29) is 5.69 Å². The van der Waals surface area contributed by atoms with Gasteiger partial charge in [0.2, 0.25) is 0 Å². The number of carbonyl (C=O) groups is 1. The third kappa shape index (κ3) is 3.62. The highest BCUT2D eigenvalue weighted by Gasteiger charge is 2.46. The van der Waals surface area contributed by atoms with E-state index in [9.17, 15) is 18.7 Å². The number of hydrogen-bond acceptors (Lipinski definition) is 3. The molecule has 1 amide bonds. The lowest BCUT2D eigenvalue weighted by Gasteiger charge is -2.38. The van der Waals surface area contributed by atoms with E-state index in [0.29, 0.717) is 5.52 Å². The van der Waals surface area contributed by atoms with E-state index in [1.807, 2.05) is 12.1 Å². The number of H-pyrrole nitrogens is 1. The van der Waals surface area contributed by atoms with Gasteiger partial charge in [-0.25, -0.2) is 8.78 Å². The molecule has 1 aromatic heterocycles. The van der Waals surface area contributed by atoms with Gasteiger partial charge >= 0.3 is 7.48 Å². The van der Waals surface area contributed by atoms with Crippen molar-refractivity contribution in [2.75, 3.05) is 13.1 Å². The number of fused-ring (bicyclic) bond motifs is 1. The van der Waals surface area contributed by atoms with Crippen molar-refractivity contribution in [3.8, 4) is 0 Å².